The highest BCUT2D eigenvalue weighted by atomic mass is 35.5. The Morgan fingerprint density at radius 2 is 1.96 bits per heavy atom. The lowest BCUT2D eigenvalue weighted by Gasteiger charge is -2.46. The lowest BCUT2D eigenvalue weighted by Crippen LogP contribution is -2.60. The number of hydrogen-bond acceptors (Lipinski definition) is 3. The molecule has 3 rings (SSSR count). The van der Waals surface area contributed by atoms with Crippen molar-refractivity contribution in [3.05, 3.63) is 35.9 Å². The zero-order chi connectivity index (χ0) is 15.6. The van der Waals surface area contributed by atoms with E-state index in [1.54, 1.807) is 0 Å². The van der Waals surface area contributed by atoms with Gasteiger partial charge in [0.05, 0.1) is 12.1 Å². The molecule has 4 nitrogen and oxygen atoms in total. The van der Waals surface area contributed by atoms with E-state index >= 15 is 0 Å². The number of hydrogen-bond donors (Lipinski definition) is 1. The molecular weight excluding hydrogens is 326 g/mol. The molecule has 23 heavy (non-hydrogen) atoms. The second-order valence-corrected chi connectivity index (χ2v) is 6.13. The third kappa shape index (κ3) is 3.93. The minimum Gasteiger partial charge on any atom is -0.445 e. The highest BCUT2D eigenvalue weighted by molar-refractivity contribution is 5.85. The van der Waals surface area contributed by atoms with Gasteiger partial charge in [0.25, 0.3) is 5.92 Å². The van der Waals surface area contributed by atoms with E-state index in [0.717, 1.165) is 12.1 Å². The fourth-order valence-corrected chi connectivity index (χ4v) is 3.26. The fourth-order valence-electron chi connectivity index (χ4n) is 3.26. The average molecular weight is 347 g/mol. The first-order chi connectivity index (χ1) is 10.5. The largest absolute Gasteiger partial charge is 0.445 e. The Morgan fingerprint density at radius 3 is 2.61 bits per heavy atom. The minimum absolute atomic E-state index is 0. The smallest absolute Gasteiger partial charge is 0.410 e. The Hall–Kier alpha value is -1.40. The Morgan fingerprint density at radius 1 is 1.22 bits per heavy atom. The molecule has 0 saturated carbocycles. The molecule has 2 heterocycles. The van der Waals surface area contributed by atoms with Gasteiger partial charge in [-0.3, -0.25) is 4.90 Å². The van der Waals surface area contributed by atoms with Crippen molar-refractivity contribution in [2.45, 2.75) is 37.3 Å². The van der Waals surface area contributed by atoms with Gasteiger partial charge in [-0.1, -0.05) is 30.3 Å². The van der Waals surface area contributed by atoms with Gasteiger partial charge in [-0.2, -0.15) is 0 Å². The summed E-state index contributed by atoms with van der Waals surface area (Å²) in [6, 6.07) is 9.24. The quantitative estimate of drug-likeness (QED) is 0.894. The van der Waals surface area contributed by atoms with Crippen molar-refractivity contribution in [3.63, 3.8) is 0 Å². The topological polar surface area (TPSA) is 41.6 Å². The average Bonchev–Trinajstić information content (AvgIpc) is 2.98. The minimum atomic E-state index is -2.83. The zero-order valence-corrected chi connectivity index (χ0v) is 13.6. The summed E-state index contributed by atoms with van der Waals surface area (Å²) in [5.74, 6) is -2.83. The van der Waals surface area contributed by atoms with E-state index in [-0.39, 0.29) is 25.4 Å². The third-order valence-corrected chi connectivity index (χ3v) is 4.56. The molecule has 0 bridgehead atoms. The van der Waals surface area contributed by atoms with E-state index in [4.69, 9.17) is 4.74 Å². The lowest BCUT2D eigenvalue weighted by atomic mass is 9.84. The van der Waals surface area contributed by atoms with Gasteiger partial charge in [-0.25, -0.2) is 13.6 Å². The van der Waals surface area contributed by atoms with Crippen molar-refractivity contribution >= 4 is 18.5 Å². The Balaban J connectivity index is 0.00000192. The van der Waals surface area contributed by atoms with E-state index < -0.39 is 24.1 Å². The third-order valence-electron chi connectivity index (χ3n) is 4.56. The van der Waals surface area contributed by atoms with Crippen LogP contribution in [0.3, 0.4) is 0 Å². The van der Waals surface area contributed by atoms with Crippen molar-refractivity contribution in [1.29, 1.82) is 0 Å². The first kappa shape index (κ1) is 17.9. The first-order valence-corrected chi connectivity index (χ1v) is 7.58. The van der Waals surface area contributed by atoms with Crippen LogP contribution in [-0.2, 0) is 11.3 Å². The molecule has 1 aromatic rings. The van der Waals surface area contributed by atoms with Gasteiger partial charge >= 0.3 is 6.09 Å². The number of halogens is 3. The Kier molecular flexibility index (Phi) is 5.47. The standard InChI is InChI=1S/C16H20F2N2O2.ClH/c17-16(18)7-6-15(8-9-19-11-15)20(12-16)14(21)22-10-13-4-2-1-3-5-13;/h1-5,19H,6-12H2;1H. The number of nitrogens with zero attached hydrogens (tertiary/aromatic N) is 1. The monoisotopic (exact) mass is 346 g/mol. The van der Waals surface area contributed by atoms with Gasteiger partial charge in [0.1, 0.15) is 6.61 Å². The molecule has 1 N–H and O–H groups in total. The summed E-state index contributed by atoms with van der Waals surface area (Å²) >= 11 is 0. The summed E-state index contributed by atoms with van der Waals surface area (Å²) in [5.41, 5.74) is 0.327. The number of rotatable bonds is 2. The van der Waals surface area contributed by atoms with Crippen LogP contribution in [0.1, 0.15) is 24.8 Å². The molecule has 2 saturated heterocycles. The molecule has 128 valence electrons. The summed E-state index contributed by atoms with van der Waals surface area (Å²) in [5, 5.41) is 3.17. The number of amides is 1. The van der Waals surface area contributed by atoms with Crippen LogP contribution in [0.15, 0.2) is 30.3 Å². The second kappa shape index (κ2) is 7.01. The number of nitrogens with one attached hydrogen (secondary N) is 1. The number of likely N-dealkylation sites (tertiary alicyclic amines) is 1. The molecule has 0 aromatic heterocycles. The van der Waals surface area contributed by atoms with E-state index in [9.17, 15) is 13.6 Å². The highest BCUT2D eigenvalue weighted by Gasteiger charge is 2.52. The van der Waals surface area contributed by atoms with Gasteiger partial charge in [-0.15, -0.1) is 12.4 Å². The molecule has 1 amide bonds. The van der Waals surface area contributed by atoms with Gasteiger partial charge in [0.2, 0.25) is 0 Å². The zero-order valence-electron chi connectivity index (χ0n) is 12.8. The van der Waals surface area contributed by atoms with Crippen molar-refractivity contribution in [1.82, 2.24) is 10.2 Å². The summed E-state index contributed by atoms with van der Waals surface area (Å²) in [6.45, 7) is 0.852. The maximum absolute atomic E-state index is 13.7. The Labute approximate surface area is 140 Å². The second-order valence-electron chi connectivity index (χ2n) is 6.13. The number of carbonyl (C=O) groups excluding carboxylic acids is 1. The summed E-state index contributed by atoms with van der Waals surface area (Å²) in [7, 11) is 0. The van der Waals surface area contributed by atoms with Crippen LogP contribution in [-0.4, -0.2) is 42.1 Å². The number of benzene rings is 1. The molecule has 1 atom stereocenters. The fraction of sp³-hybridized carbons (Fsp3) is 0.562. The molecule has 2 fully saturated rings. The maximum Gasteiger partial charge on any atom is 0.410 e. The first-order valence-electron chi connectivity index (χ1n) is 7.58. The predicted molar refractivity (Wildman–Crippen MR) is 85.0 cm³/mol. The van der Waals surface area contributed by atoms with Crippen LogP contribution >= 0.6 is 12.4 Å². The van der Waals surface area contributed by atoms with Crippen LogP contribution in [0.25, 0.3) is 0 Å². The van der Waals surface area contributed by atoms with Gasteiger partial charge in [0, 0.05) is 13.0 Å². The normalized spacial score (nSPS) is 25.9. The predicted octanol–water partition coefficient (Wildman–Crippen LogP) is 3.21. The van der Waals surface area contributed by atoms with E-state index in [2.05, 4.69) is 5.32 Å². The molecule has 1 spiro atoms. The molecular formula is C16H21ClF2N2O2. The number of ether oxygens (including phenoxy) is 1. The van der Waals surface area contributed by atoms with E-state index in [1.165, 1.54) is 4.90 Å². The van der Waals surface area contributed by atoms with Gasteiger partial charge in [-0.05, 0) is 24.9 Å². The van der Waals surface area contributed by atoms with Crippen molar-refractivity contribution in [2.24, 2.45) is 0 Å². The van der Waals surface area contributed by atoms with Gasteiger partial charge in [0.15, 0.2) is 0 Å². The molecule has 1 unspecified atom stereocenters. The number of carbonyl (C=O) groups is 1. The van der Waals surface area contributed by atoms with Gasteiger partial charge < -0.3 is 10.1 Å². The van der Waals surface area contributed by atoms with Crippen LogP contribution < -0.4 is 5.32 Å². The molecule has 2 aliphatic rings. The van der Waals surface area contributed by atoms with Crippen LogP contribution in [0.5, 0.6) is 0 Å². The Bertz CT molecular complexity index is 536. The molecule has 0 aliphatic carbocycles. The van der Waals surface area contributed by atoms with Crippen LogP contribution in [0.2, 0.25) is 0 Å². The number of alkyl halides is 2. The van der Waals surface area contributed by atoms with Crippen molar-refractivity contribution < 1.29 is 18.3 Å². The summed E-state index contributed by atoms with van der Waals surface area (Å²) in [4.78, 5) is 13.6. The highest BCUT2D eigenvalue weighted by Crippen LogP contribution is 2.40. The molecule has 2 aliphatic heterocycles. The molecule has 1 aromatic carbocycles. The lowest BCUT2D eigenvalue weighted by molar-refractivity contribution is -0.101. The van der Waals surface area contributed by atoms with E-state index in [0.29, 0.717) is 19.4 Å². The molecule has 0 radical (unpaired) electrons. The summed E-state index contributed by atoms with van der Waals surface area (Å²) in [6.07, 6.45) is 0.195. The van der Waals surface area contributed by atoms with E-state index in [1.807, 2.05) is 30.3 Å². The van der Waals surface area contributed by atoms with Crippen molar-refractivity contribution in [2.75, 3.05) is 19.6 Å². The van der Waals surface area contributed by atoms with Crippen molar-refractivity contribution in [3.8, 4) is 0 Å². The number of piperidine rings is 1. The molecule has 7 heteroatoms. The summed E-state index contributed by atoms with van der Waals surface area (Å²) < 4.78 is 32.8. The maximum atomic E-state index is 13.7. The SMILES string of the molecule is Cl.O=C(OCc1ccccc1)N1CC(F)(F)CCC12CCNC2. The van der Waals surface area contributed by atoms with Crippen LogP contribution in [0.4, 0.5) is 13.6 Å². The van der Waals surface area contributed by atoms with Crippen LogP contribution in [0, 0.1) is 0 Å².